The Balaban J connectivity index is 1.98. The van der Waals surface area contributed by atoms with Gasteiger partial charge in [-0.25, -0.2) is 0 Å². The van der Waals surface area contributed by atoms with Crippen LogP contribution < -0.4 is 0 Å². The lowest BCUT2D eigenvalue weighted by Crippen LogP contribution is -2.15. The van der Waals surface area contributed by atoms with Crippen molar-refractivity contribution in [3.05, 3.63) is 56.3 Å². The number of benzene rings is 1. The van der Waals surface area contributed by atoms with Gasteiger partial charge in [0.2, 0.25) is 0 Å². The highest BCUT2D eigenvalue weighted by molar-refractivity contribution is 14.2. The van der Waals surface area contributed by atoms with Crippen LogP contribution in [0.25, 0.3) is 5.70 Å². The van der Waals surface area contributed by atoms with Gasteiger partial charge in [-0.15, -0.1) is 11.8 Å². The fraction of sp³-hybridized carbons (Fsp3) is 0.250. The minimum atomic E-state index is -0.154. The highest BCUT2D eigenvalue weighted by Crippen LogP contribution is 2.30. The second-order valence-corrected chi connectivity index (χ2v) is 7.80. The lowest BCUT2D eigenvalue weighted by atomic mass is 10.2. The molecule has 21 heavy (non-hydrogen) atoms. The Hall–Kier alpha value is -1.08. The molecular weight excluding hydrogens is 393 g/mol. The number of hydrogen-bond donors (Lipinski definition) is 0. The maximum atomic E-state index is 4.69. The maximum absolute atomic E-state index is 4.69. The van der Waals surface area contributed by atoms with E-state index in [1.54, 1.807) is 0 Å². The van der Waals surface area contributed by atoms with Crippen molar-refractivity contribution in [2.24, 2.45) is 0 Å². The molecule has 0 spiro atoms. The van der Waals surface area contributed by atoms with E-state index in [2.05, 4.69) is 63.8 Å². The molecule has 0 saturated carbocycles. The second kappa shape index (κ2) is 6.36. The number of thioether (sulfide) groups is 1. The zero-order chi connectivity index (χ0) is 14.8. The topological polar surface area (TPSA) is 21.1 Å². The van der Waals surface area contributed by atoms with Crippen molar-refractivity contribution < 1.29 is 0 Å². The Morgan fingerprint density at radius 2 is 2.19 bits per heavy atom. The van der Waals surface area contributed by atoms with Gasteiger partial charge in [0.15, 0.2) is 0 Å². The monoisotopic (exact) mass is 411 g/mol. The van der Waals surface area contributed by atoms with Gasteiger partial charge >= 0.3 is 0 Å². The number of rotatable bonds is 4. The molecule has 2 heterocycles. The molecule has 0 fully saturated rings. The van der Waals surface area contributed by atoms with Crippen molar-refractivity contribution >= 4 is 42.7 Å². The Morgan fingerprint density at radius 3 is 2.90 bits per heavy atom. The van der Waals surface area contributed by atoms with Crippen LogP contribution in [0.5, 0.6) is 0 Å². The molecule has 0 radical (unpaired) electrons. The van der Waals surface area contributed by atoms with Gasteiger partial charge in [-0.3, -0.25) is 4.68 Å². The lowest BCUT2D eigenvalue weighted by Gasteiger charge is -2.17. The SMILES string of the molecule is C=Ic1ccccc1Cn1nc(C)cc1C1=CSCN1C. The molecule has 0 N–H and O–H groups in total. The number of aromatic nitrogens is 2. The summed E-state index contributed by atoms with van der Waals surface area (Å²) < 4.78 is 7.66. The van der Waals surface area contributed by atoms with Crippen LogP contribution in [-0.2, 0) is 6.54 Å². The summed E-state index contributed by atoms with van der Waals surface area (Å²) in [5.74, 6) is 1.01. The first-order valence-electron chi connectivity index (χ1n) is 6.73. The Bertz CT molecular complexity index is 705. The van der Waals surface area contributed by atoms with Gasteiger partial charge in [0.05, 0.1) is 29.5 Å². The van der Waals surface area contributed by atoms with Crippen LogP contribution in [0.1, 0.15) is 17.0 Å². The van der Waals surface area contributed by atoms with E-state index in [-0.39, 0.29) is 20.7 Å². The van der Waals surface area contributed by atoms with Crippen molar-refractivity contribution in [3.63, 3.8) is 0 Å². The summed E-state index contributed by atoms with van der Waals surface area (Å²) in [6.07, 6.45) is 0. The molecule has 3 nitrogen and oxygen atoms in total. The van der Waals surface area contributed by atoms with Gasteiger partial charge in [-0.05, 0) is 30.0 Å². The summed E-state index contributed by atoms with van der Waals surface area (Å²) in [5.41, 5.74) is 4.89. The molecular formula is C16H18IN3S. The van der Waals surface area contributed by atoms with Crippen molar-refractivity contribution in [2.45, 2.75) is 13.5 Å². The van der Waals surface area contributed by atoms with Crippen LogP contribution in [0.4, 0.5) is 0 Å². The highest BCUT2D eigenvalue weighted by atomic mass is 127. The van der Waals surface area contributed by atoms with E-state index in [1.807, 2.05) is 11.8 Å². The van der Waals surface area contributed by atoms with E-state index in [1.165, 1.54) is 20.5 Å². The zero-order valence-corrected chi connectivity index (χ0v) is 15.2. The predicted molar refractivity (Wildman–Crippen MR) is 101 cm³/mol. The fourth-order valence-corrected chi connectivity index (χ4v) is 4.63. The van der Waals surface area contributed by atoms with Crippen molar-refractivity contribution in [1.82, 2.24) is 14.7 Å². The van der Waals surface area contributed by atoms with Gasteiger partial charge in [0.1, 0.15) is 0 Å². The van der Waals surface area contributed by atoms with Crippen LogP contribution in [0.3, 0.4) is 0 Å². The molecule has 1 aromatic carbocycles. The van der Waals surface area contributed by atoms with Gasteiger partial charge < -0.3 is 4.90 Å². The largest absolute Gasteiger partial charge is 0.363 e. The van der Waals surface area contributed by atoms with Gasteiger partial charge in [0, 0.05) is 10.6 Å². The Labute approximate surface area is 139 Å². The molecule has 0 bridgehead atoms. The lowest BCUT2D eigenvalue weighted by molar-refractivity contribution is 0.560. The first kappa shape index (κ1) is 14.8. The highest BCUT2D eigenvalue weighted by Gasteiger charge is 2.18. The summed E-state index contributed by atoms with van der Waals surface area (Å²) in [7, 11) is 2.13. The standard InChI is InChI=1S/C16H18IN3S/c1-12-8-15(16-10-21-11-19(16)3)20(18-12)9-13-6-4-5-7-14(13)17-2/h4-8,10H,2,9,11H2,1,3H3. The van der Waals surface area contributed by atoms with Gasteiger partial charge in [0.25, 0.3) is 0 Å². The third-order valence-corrected chi connectivity index (χ3v) is 6.26. The average Bonchev–Trinajstić information content (AvgIpc) is 3.05. The predicted octanol–water partition coefficient (Wildman–Crippen LogP) is 3.75. The van der Waals surface area contributed by atoms with Crippen LogP contribution in [0.15, 0.2) is 35.7 Å². The van der Waals surface area contributed by atoms with Gasteiger partial charge in [-0.2, -0.15) is 5.10 Å². The molecule has 1 aliphatic heterocycles. The quantitative estimate of drug-likeness (QED) is 0.716. The minimum absolute atomic E-state index is 0.154. The van der Waals surface area contributed by atoms with Crippen LogP contribution in [0.2, 0.25) is 0 Å². The Morgan fingerprint density at radius 1 is 1.38 bits per heavy atom. The number of halogens is 1. The van der Waals surface area contributed by atoms with E-state index in [0.717, 1.165) is 18.1 Å². The van der Waals surface area contributed by atoms with E-state index in [9.17, 15) is 0 Å². The smallest absolute Gasteiger partial charge is 0.0855 e. The third kappa shape index (κ3) is 3.08. The van der Waals surface area contributed by atoms with Crippen LogP contribution in [-0.4, -0.2) is 32.1 Å². The second-order valence-electron chi connectivity index (χ2n) is 5.05. The van der Waals surface area contributed by atoms with E-state index >= 15 is 0 Å². The summed E-state index contributed by atoms with van der Waals surface area (Å²) in [6.45, 7) is 2.88. The maximum Gasteiger partial charge on any atom is 0.0855 e. The van der Waals surface area contributed by atoms with Crippen molar-refractivity contribution in [2.75, 3.05) is 12.9 Å². The number of hydrogen-bond acceptors (Lipinski definition) is 3. The number of aryl methyl sites for hydroxylation is 1. The molecule has 1 aromatic heterocycles. The summed E-state index contributed by atoms with van der Waals surface area (Å²) in [6, 6.07) is 10.8. The van der Waals surface area contributed by atoms with Crippen molar-refractivity contribution in [3.8, 4) is 0 Å². The molecule has 0 unspecified atom stereocenters. The van der Waals surface area contributed by atoms with Crippen molar-refractivity contribution in [1.29, 1.82) is 0 Å². The average molecular weight is 411 g/mol. The molecule has 5 heteroatoms. The number of nitrogens with zero attached hydrogens (tertiary/aromatic N) is 3. The molecule has 1 aliphatic rings. The van der Waals surface area contributed by atoms with E-state index < -0.39 is 0 Å². The molecule has 110 valence electrons. The minimum Gasteiger partial charge on any atom is -0.363 e. The molecule has 3 rings (SSSR count). The summed E-state index contributed by atoms with van der Waals surface area (Å²) in [4.78, 5) is 2.28. The molecule has 0 amide bonds. The normalized spacial score (nSPS) is 14.6. The molecule has 0 saturated heterocycles. The van der Waals surface area contributed by atoms with E-state index in [0.29, 0.717) is 0 Å². The molecule has 0 aliphatic carbocycles. The van der Waals surface area contributed by atoms with Crippen LogP contribution in [0, 0.1) is 10.5 Å². The zero-order valence-electron chi connectivity index (χ0n) is 12.2. The first-order valence-corrected chi connectivity index (χ1v) is 10.4. The summed E-state index contributed by atoms with van der Waals surface area (Å²) >= 11 is 1.68. The Kier molecular flexibility index (Phi) is 4.49. The molecule has 2 aromatic rings. The van der Waals surface area contributed by atoms with Gasteiger partial charge in [-0.1, -0.05) is 43.4 Å². The third-order valence-electron chi connectivity index (χ3n) is 3.46. The first-order chi connectivity index (χ1) is 10.2. The van der Waals surface area contributed by atoms with Crippen LogP contribution >= 0.6 is 32.5 Å². The van der Waals surface area contributed by atoms with E-state index in [4.69, 9.17) is 5.10 Å². The summed E-state index contributed by atoms with van der Waals surface area (Å²) in [5, 5.41) is 6.92. The fourth-order valence-electron chi connectivity index (χ4n) is 2.43. The molecule has 0 atom stereocenters.